The van der Waals surface area contributed by atoms with Gasteiger partial charge in [-0.05, 0) is 6.92 Å². The van der Waals surface area contributed by atoms with Crippen LogP contribution in [0.4, 0.5) is 0 Å². The minimum atomic E-state index is -0.551. The summed E-state index contributed by atoms with van der Waals surface area (Å²) >= 11 is 4.86. The molecule has 4 nitrogen and oxygen atoms in total. The molecule has 1 fully saturated rings. The quantitative estimate of drug-likeness (QED) is 0.368. The van der Waals surface area contributed by atoms with Crippen molar-refractivity contribution in [3.63, 3.8) is 0 Å². The van der Waals surface area contributed by atoms with E-state index in [-0.39, 0.29) is 12.2 Å². The Balaban J connectivity index is 2.78. The molecule has 0 saturated carbocycles. The lowest BCUT2D eigenvalue weighted by molar-refractivity contribution is -0.138. The van der Waals surface area contributed by atoms with Crippen LogP contribution < -0.4 is 5.32 Å². The summed E-state index contributed by atoms with van der Waals surface area (Å²) in [5.74, 6) is -0.551. The van der Waals surface area contributed by atoms with Gasteiger partial charge in [0.05, 0.1) is 11.6 Å². The fraction of sp³-hybridized carbons (Fsp3) is 0.556. The molecule has 1 N–H and O–H groups in total. The van der Waals surface area contributed by atoms with E-state index in [9.17, 15) is 4.79 Å². The molecule has 0 spiro atoms. The fourth-order valence-electron chi connectivity index (χ4n) is 1.08. The van der Waals surface area contributed by atoms with Crippen molar-refractivity contribution >= 4 is 33.7 Å². The van der Waals surface area contributed by atoms with Crippen molar-refractivity contribution in [3.8, 4) is 6.07 Å². The van der Waals surface area contributed by atoms with E-state index < -0.39 is 5.97 Å². The van der Waals surface area contributed by atoms with Crippen LogP contribution in [0, 0.1) is 11.3 Å². The number of carbonyl (C=O) groups is 1. The first-order valence-electron chi connectivity index (χ1n) is 4.50. The molecule has 0 radical (unpaired) electrons. The molecule has 0 bridgehead atoms. The van der Waals surface area contributed by atoms with Crippen molar-refractivity contribution in [1.29, 1.82) is 5.26 Å². The maximum Gasteiger partial charge on any atom is 0.351 e. The highest BCUT2D eigenvalue weighted by atomic mass is 79.9. The molecule has 6 heteroatoms. The molecule has 1 atom stereocenters. The minimum absolute atomic E-state index is 0.0744. The smallest absolute Gasteiger partial charge is 0.351 e. The highest BCUT2D eigenvalue weighted by Crippen LogP contribution is 2.29. The third-order valence-electron chi connectivity index (χ3n) is 1.77. The predicted molar refractivity (Wildman–Crippen MR) is 62.4 cm³/mol. The number of carbonyl (C=O) groups excluding carboxylic acids is 1. The summed E-state index contributed by atoms with van der Waals surface area (Å²) in [6.45, 7) is 2.76. The number of nitrogens with one attached hydrogen (secondary N) is 1. The molecule has 15 heavy (non-hydrogen) atoms. The number of alkyl halides is 1. The average Bonchev–Trinajstić information content (AvgIpc) is 2.68. The zero-order chi connectivity index (χ0) is 11.3. The summed E-state index contributed by atoms with van der Waals surface area (Å²) in [6, 6.07) is 1.88. The Bertz CT molecular complexity index is 325. The second-order valence-corrected chi connectivity index (χ2v) is 4.77. The molecule has 1 heterocycles. The first-order chi connectivity index (χ1) is 7.22. The van der Waals surface area contributed by atoms with E-state index in [1.54, 1.807) is 6.92 Å². The number of halogens is 1. The Morgan fingerprint density at radius 2 is 2.60 bits per heavy atom. The zero-order valence-electron chi connectivity index (χ0n) is 8.25. The monoisotopic (exact) mass is 290 g/mol. The van der Waals surface area contributed by atoms with Crippen molar-refractivity contribution in [2.24, 2.45) is 0 Å². The highest BCUT2D eigenvalue weighted by molar-refractivity contribution is 9.09. The van der Waals surface area contributed by atoms with E-state index in [1.807, 2.05) is 6.07 Å². The lowest BCUT2D eigenvalue weighted by atomic mass is 10.3. The van der Waals surface area contributed by atoms with E-state index in [0.717, 1.165) is 11.9 Å². The first kappa shape index (κ1) is 12.4. The number of esters is 1. The maximum atomic E-state index is 11.4. The molecule has 1 aliphatic heterocycles. The summed E-state index contributed by atoms with van der Waals surface area (Å²) in [5.41, 5.74) is 0.0744. The van der Waals surface area contributed by atoms with Crippen LogP contribution in [-0.4, -0.2) is 29.7 Å². The number of ether oxygens (including phenoxy) is 1. The van der Waals surface area contributed by atoms with Gasteiger partial charge in [-0.3, -0.25) is 0 Å². The van der Waals surface area contributed by atoms with Crippen molar-refractivity contribution in [1.82, 2.24) is 5.32 Å². The van der Waals surface area contributed by atoms with Crippen molar-refractivity contribution in [3.05, 3.63) is 10.6 Å². The first-order valence-corrected chi connectivity index (χ1v) is 6.51. The number of hydrogen-bond donors (Lipinski definition) is 1. The molecular formula is C9H11BrN2O2S. The molecule has 0 aromatic carbocycles. The van der Waals surface area contributed by atoms with Crippen LogP contribution in [0.5, 0.6) is 0 Å². The van der Waals surface area contributed by atoms with Crippen molar-refractivity contribution in [2.45, 2.75) is 12.2 Å². The summed E-state index contributed by atoms with van der Waals surface area (Å²) in [5, 5.41) is 13.7. The Hall–Kier alpha value is -0.670. The molecule has 1 saturated heterocycles. The van der Waals surface area contributed by atoms with Gasteiger partial charge in [0.2, 0.25) is 0 Å². The standard InChI is InChI=1S/C9H11BrN2O2S/c1-2-14-9(13)7(4-11)8-12-5-6(3-10)15-8/h6,12H,2-3,5H2,1H3. The Labute approximate surface area is 101 Å². The molecule has 0 aliphatic carbocycles. The Morgan fingerprint density at radius 1 is 1.87 bits per heavy atom. The number of rotatable bonds is 3. The van der Waals surface area contributed by atoms with Crippen LogP contribution in [0.3, 0.4) is 0 Å². The molecule has 0 aromatic heterocycles. The highest BCUT2D eigenvalue weighted by Gasteiger charge is 2.25. The van der Waals surface area contributed by atoms with Gasteiger partial charge in [0.1, 0.15) is 6.07 Å². The van der Waals surface area contributed by atoms with Gasteiger partial charge in [0.25, 0.3) is 0 Å². The largest absolute Gasteiger partial charge is 0.462 e. The van der Waals surface area contributed by atoms with E-state index in [2.05, 4.69) is 21.2 Å². The normalized spacial score (nSPS) is 22.9. The number of nitriles is 1. The fourth-order valence-corrected chi connectivity index (χ4v) is 2.68. The SMILES string of the molecule is CCOC(=O)C(C#N)=C1NCC(CBr)S1. The minimum Gasteiger partial charge on any atom is -0.462 e. The van der Waals surface area contributed by atoms with Crippen LogP contribution >= 0.6 is 27.7 Å². The van der Waals surface area contributed by atoms with Gasteiger partial charge in [-0.25, -0.2) is 4.79 Å². The summed E-state index contributed by atoms with van der Waals surface area (Å²) < 4.78 is 4.79. The average molecular weight is 291 g/mol. The number of thioether (sulfide) groups is 1. The predicted octanol–water partition coefficient (Wildman–Crippen LogP) is 1.38. The van der Waals surface area contributed by atoms with E-state index in [4.69, 9.17) is 10.00 Å². The number of nitrogens with zero attached hydrogens (tertiary/aromatic N) is 1. The second-order valence-electron chi connectivity index (χ2n) is 2.81. The summed E-state index contributed by atoms with van der Waals surface area (Å²) in [4.78, 5) is 11.4. The topological polar surface area (TPSA) is 62.1 Å². The van der Waals surface area contributed by atoms with Crippen molar-refractivity contribution < 1.29 is 9.53 Å². The van der Waals surface area contributed by atoms with Gasteiger partial charge >= 0.3 is 5.97 Å². The van der Waals surface area contributed by atoms with Gasteiger partial charge in [0, 0.05) is 17.1 Å². The van der Waals surface area contributed by atoms with Crippen LogP contribution in [0.1, 0.15) is 6.92 Å². The molecule has 1 unspecified atom stereocenters. The van der Waals surface area contributed by atoms with E-state index >= 15 is 0 Å². The van der Waals surface area contributed by atoms with Crippen LogP contribution in [0.15, 0.2) is 10.6 Å². The van der Waals surface area contributed by atoms with E-state index in [1.165, 1.54) is 11.8 Å². The lowest BCUT2D eigenvalue weighted by Gasteiger charge is -2.03. The molecule has 82 valence electrons. The van der Waals surface area contributed by atoms with Crippen LogP contribution in [-0.2, 0) is 9.53 Å². The molecular weight excluding hydrogens is 280 g/mol. The van der Waals surface area contributed by atoms with Crippen molar-refractivity contribution in [2.75, 3.05) is 18.5 Å². The molecule has 0 amide bonds. The van der Waals surface area contributed by atoms with E-state index in [0.29, 0.717) is 10.3 Å². The second kappa shape index (κ2) is 6.03. The Morgan fingerprint density at radius 3 is 3.07 bits per heavy atom. The third kappa shape index (κ3) is 3.14. The van der Waals surface area contributed by atoms with Gasteiger partial charge in [-0.1, -0.05) is 15.9 Å². The third-order valence-corrected chi connectivity index (χ3v) is 4.23. The van der Waals surface area contributed by atoms with Gasteiger partial charge < -0.3 is 10.1 Å². The summed E-state index contributed by atoms with van der Waals surface area (Å²) in [7, 11) is 0. The van der Waals surface area contributed by atoms with Gasteiger partial charge in [-0.2, -0.15) is 5.26 Å². The summed E-state index contributed by atoms with van der Waals surface area (Å²) in [6.07, 6.45) is 0. The maximum absolute atomic E-state index is 11.4. The zero-order valence-corrected chi connectivity index (χ0v) is 10.7. The van der Waals surface area contributed by atoms with Gasteiger partial charge in [0.15, 0.2) is 5.57 Å². The number of hydrogen-bond acceptors (Lipinski definition) is 5. The molecule has 1 rings (SSSR count). The lowest BCUT2D eigenvalue weighted by Crippen LogP contribution is -2.15. The Kier molecular flexibility index (Phi) is 4.99. The molecule has 1 aliphatic rings. The molecule has 0 aromatic rings. The van der Waals surface area contributed by atoms with Crippen LogP contribution in [0.2, 0.25) is 0 Å². The van der Waals surface area contributed by atoms with Gasteiger partial charge in [-0.15, -0.1) is 11.8 Å². The van der Waals surface area contributed by atoms with Crippen LogP contribution in [0.25, 0.3) is 0 Å².